The highest BCUT2D eigenvalue weighted by Crippen LogP contribution is 2.56. The lowest BCUT2D eigenvalue weighted by molar-refractivity contribution is 0.555. The predicted molar refractivity (Wildman–Crippen MR) is 317 cm³/mol. The number of hydrogen-bond donors (Lipinski definition) is 0. The van der Waals surface area contributed by atoms with E-state index in [0.29, 0.717) is 22.3 Å². The summed E-state index contributed by atoms with van der Waals surface area (Å²) in [5, 5.41) is 1.57. The van der Waals surface area contributed by atoms with Crippen molar-refractivity contribution in [2.75, 3.05) is 9.34 Å². The van der Waals surface area contributed by atoms with Gasteiger partial charge in [-0.25, -0.2) is 0 Å². The molecule has 0 fully saturated rings. The molecule has 2 aromatic heterocycles. The van der Waals surface area contributed by atoms with Crippen molar-refractivity contribution in [3.63, 3.8) is 0 Å². The van der Waals surface area contributed by atoms with Crippen LogP contribution in [0.15, 0.2) is 272 Å². The third kappa shape index (κ3) is 9.40. The van der Waals surface area contributed by atoms with Gasteiger partial charge in [-0.3, -0.25) is 0 Å². The summed E-state index contributed by atoms with van der Waals surface area (Å²) in [5.41, 5.74) is 14.9. The molecular weight excluding hydrogens is 971 g/mol. The maximum Gasteiger partial charge on any atom is 0.310 e. The SMILES string of the molecule is C[C@@H](c1ccccc1)N([C@@H](C)c1ccccc1)p1oc2c(-c3ccccc3)cc(-c3ccccc3)c3op(N([C@@H](C)c4ccccc4)[C@@H](C)c4ccccc4)oc4c(-c5ccccc5)cc(-c5ccccc5)c(o1)c4c23. The van der Waals surface area contributed by atoms with Crippen molar-refractivity contribution in [2.45, 2.75) is 51.9 Å². The maximum atomic E-state index is 7.98. The van der Waals surface area contributed by atoms with Crippen LogP contribution in [0.3, 0.4) is 0 Å². The molecule has 4 atom stereocenters. The van der Waals surface area contributed by atoms with E-state index < -0.39 is 16.3 Å². The number of hydrogen-bond acceptors (Lipinski definition) is 6. The average molecular weight is 1030 g/mol. The summed E-state index contributed by atoms with van der Waals surface area (Å²) >= 11 is 0. The summed E-state index contributed by atoms with van der Waals surface area (Å²) in [6.07, 6.45) is 0. The molecule has 0 unspecified atom stereocenters. The Balaban J connectivity index is 1.34. The lowest BCUT2D eigenvalue weighted by Crippen LogP contribution is -2.27. The first-order chi connectivity index (χ1) is 37.4. The molecule has 0 bridgehead atoms. The lowest BCUT2D eigenvalue weighted by Gasteiger charge is -2.32. The minimum absolute atomic E-state index is 0.153. The Kier molecular flexibility index (Phi) is 13.9. The highest BCUT2D eigenvalue weighted by Gasteiger charge is 2.35. The standard InChI is InChI=1S/C68H58N2O4P2/c1-47(51-29-13-5-14-30-51)69(48(2)52-31-15-6-16-32-52)75-71-65-59(55-37-21-9-22-38-55)45-61(57-41-25-11-26-42-57)67-63(65)64-66(72-75)60(56-39-23-10-24-40-56)46-62(58-43-27-12-28-44-58)68(64)74-76(73-67)70(49(3)53-33-17-7-18-34-53)50(4)54-35-19-8-20-36-54/h5-50H,1-4H3/t47-,48-,49-,50-,75?,76?/m0/s1. The highest BCUT2D eigenvalue weighted by molar-refractivity contribution is 7.39. The van der Waals surface area contributed by atoms with E-state index in [9.17, 15) is 0 Å². The summed E-state index contributed by atoms with van der Waals surface area (Å²) in [6, 6.07) is 89.1. The van der Waals surface area contributed by atoms with Gasteiger partial charge in [-0.1, -0.05) is 243 Å². The Bertz CT molecular complexity index is 3430. The zero-order chi connectivity index (χ0) is 51.5. The second kappa shape index (κ2) is 21.6. The second-order valence-electron chi connectivity index (χ2n) is 19.4. The van der Waals surface area contributed by atoms with Crippen LogP contribution < -0.4 is 9.34 Å². The van der Waals surface area contributed by atoms with E-state index in [4.69, 9.17) is 16.8 Å². The molecule has 0 saturated carbocycles. The first-order valence-corrected chi connectivity index (χ1v) is 28.4. The van der Waals surface area contributed by atoms with Gasteiger partial charge >= 0.3 is 16.3 Å². The Labute approximate surface area is 446 Å². The monoisotopic (exact) mass is 1030 g/mol. The molecule has 0 aliphatic heterocycles. The van der Waals surface area contributed by atoms with Crippen LogP contribution in [-0.4, -0.2) is 0 Å². The molecule has 0 spiro atoms. The molecule has 10 aromatic carbocycles. The average Bonchev–Trinajstić information content (AvgIpc) is 3.82. The fraction of sp³-hybridized carbons (Fsp3) is 0.118. The molecule has 0 aliphatic rings. The van der Waals surface area contributed by atoms with Gasteiger partial charge in [-0.15, -0.1) is 0 Å². The maximum absolute atomic E-state index is 7.98. The third-order valence-electron chi connectivity index (χ3n) is 14.8. The second-order valence-corrected chi connectivity index (χ2v) is 22.0. The van der Waals surface area contributed by atoms with Gasteiger partial charge in [-0.2, -0.15) is 9.34 Å². The van der Waals surface area contributed by atoms with E-state index in [2.05, 4.69) is 292 Å². The van der Waals surface area contributed by atoms with Crippen molar-refractivity contribution in [3.05, 3.63) is 277 Å². The van der Waals surface area contributed by atoms with Crippen LogP contribution >= 0.6 is 16.3 Å². The minimum Gasteiger partial charge on any atom is -0.407 e. The lowest BCUT2D eigenvalue weighted by atomic mass is 9.91. The van der Waals surface area contributed by atoms with Crippen LogP contribution in [0.2, 0.25) is 0 Å². The zero-order valence-corrected chi connectivity index (χ0v) is 44.8. The molecule has 0 amide bonds. The molecule has 6 nitrogen and oxygen atoms in total. The van der Waals surface area contributed by atoms with Gasteiger partial charge in [-0.05, 0) is 84.3 Å². The topological polar surface area (TPSA) is 59.0 Å². The molecule has 374 valence electrons. The van der Waals surface area contributed by atoms with Crippen LogP contribution in [0, 0.1) is 0 Å². The molecule has 76 heavy (non-hydrogen) atoms. The fourth-order valence-electron chi connectivity index (χ4n) is 10.8. The Morgan fingerprint density at radius 1 is 0.263 bits per heavy atom. The van der Waals surface area contributed by atoms with Crippen molar-refractivity contribution in [1.29, 1.82) is 0 Å². The van der Waals surface area contributed by atoms with Crippen molar-refractivity contribution in [3.8, 4) is 44.5 Å². The van der Waals surface area contributed by atoms with E-state index >= 15 is 0 Å². The van der Waals surface area contributed by atoms with Crippen molar-refractivity contribution in [2.24, 2.45) is 0 Å². The van der Waals surface area contributed by atoms with E-state index in [1.165, 1.54) is 0 Å². The van der Waals surface area contributed by atoms with Crippen molar-refractivity contribution < 1.29 is 16.8 Å². The number of nitrogens with zero attached hydrogens (tertiary/aromatic N) is 2. The van der Waals surface area contributed by atoms with E-state index in [-0.39, 0.29) is 24.2 Å². The normalized spacial score (nSPS) is 13.3. The van der Waals surface area contributed by atoms with Gasteiger partial charge in [0.2, 0.25) is 0 Å². The largest absolute Gasteiger partial charge is 0.407 e. The third-order valence-corrected chi connectivity index (χ3v) is 18.3. The summed E-state index contributed by atoms with van der Waals surface area (Å²) in [7, 11) is -3.99. The summed E-state index contributed by atoms with van der Waals surface area (Å²) in [5.74, 6) is 0. The molecule has 0 saturated heterocycles. The Morgan fingerprint density at radius 2 is 0.447 bits per heavy atom. The molecular formula is C68H58N2O4P2. The van der Waals surface area contributed by atoms with E-state index in [1.54, 1.807) is 0 Å². The van der Waals surface area contributed by atoms with Crippen molar-refractivity contribution >= 4 is 49.4 Å². The molecule has 12 aromatic rings. The molecule has 12 rings (SSSR count). The molecule has 2 heterocycles. The predicted octanol–water partition coefficient (Wildman–Crippen LogP) is 20.8. The first-order valence-electron chi connectivity index (χ1n) is 26.1. The van der Waals surface area contributed by atoms with Gasteiger partial charge in [0.15, 0.2) is 22.3 Å². The summed E-state index contributed by atoms with van der Waals surface area (Å²) in [4.78, 5) is 0. The Hall–Kier alpha value is -8.08. The number of benzene rings is 10. The van der Waals surface area contributed by atoms with Gasteiger partial charge in [0.1, 0.15) is 0 Å². The quantitative estimate of drug-likeness (QED) is 0.108. The van der Waals surface area contributed by atoms with Crippen LogP contribution in [0.1, 0.15) is 74.1 Å². The van der Waals surface area contributed by atoms with Gasteiger partial charge in [0, 0.05) is 46.4 Å². The smallest absolute Gasteiger partial charge is 0.310 e. The van der Waals surface area contributed by atoms with E-state index in [1.807, 2.05) is 0 Å². The van der Waals surface area contributed by atoms with Crippen LogP contribution in [-0.2, 0) is 0 Å². The van der Waals surface area contributed by atoms with Crippen LogP contribution in [0.4, 0.5) is 0 Å². The highest BCUT2D eigenvalue weighted by atomic mass is 31.1. The zero-order valence-electron chi connectivity index (χ0n) is 43.0. The first kappa shape index (κ1) is 48.8. The number of rotatable bonds is 14. The molecule has 0 radical (unpaired) electrons. The molecule has 8 heteroatoms. The van der Waals surface area contributed by atoms with Gasteiger partial charge < -0.3 is 16.8 Å². The minimum atomic E-state index is -2.00. The summed E-state index contributed by atoms with van der Waals surface area (Å²) in [6.45, 7) is 9.05. The van der Waals surface area contributed by atoms with Crippen LogP contribution in [0.25, 0.3) is 77.6 Å². The van der Waals surface area contributed by atoms with Gasteiger partial charge in [0.05, 0.1) is 10.8 Å². The fourth-order valence-corrected chi connectivity index (χ4v) is 14.3. The van der Waals surface area contributed by atoms with Crippen LogP contribution in [0.5, 0.6) is 0 Å². The summed E-state index contributed by atoms with van der Waals surface area (Å²) < 4.78 is 36.8. The molecule has 0 aliphatic carbocycles. The molecule has 0 N–H and O–H groups in total. The van der Waals surface area contributed by atoms with E-state index in [0.717, 1.165) is 77.5 Å². The van der Waals surface area contributed by atoms with Gasteiger partial charge in [0.25, 0.3) is 0 Å². The Morgan fingerprint density at radius 3 is 0.645 bits per heavy atom. The van der Waals surface area contributed by atoms with Crippen molar-refractivity contribution in [1.82, 2.24) is 0 Å².